The van der Waals surface area contributed by atoms with Crippen molar-refractivity contribution in [3.05, 3.63) is 203 Å². The molecule has 1 heterocycles. The van der Waals surface area contributed by atoms with Crippen LogP contribution >= 0.6 is 0 Å². The van der Waals surface area contributed by atoms with Gasteiger partial charge in [0.25, 0.3) is 0 Å². The van der Waals surface area contributed by atoms with Gasteiger partial charge >= 0.3 is 0 Å². The molecule has 1 aliphatic heterocycles. The zero-order valence-corrected chi connectivity index (χ0v) is 28.6. The third kappa shape index (κ3) is 3.65. The van der Waals surface area contributed by atoms with Gasteiger partial charge in [-0.3, -0.25) is 0 Å². The molecule has 0 radical (unpaired) electrons. The Morgan fingerprint density at radius 2 is 0.824 bits per heavy atom. The molecule has 0 N–H and O–H groups in total. The summed E-state index contributed by atoms with van der Waals surface area (Å²) in [5.41, 5.74) is 17.6. The average Bonchev–Trinajstić information content (AvgIpc) is 3.64. The molecule has 0 aromatic heterocycles. The zero-order chi connectivity index (χ0) is 33.9. The predicted octanol–water partition coefficient (Wildman–Crippen LogP) is 12.9. The van der Waals surface area contributed by atoms with Crippen molar-refractivity contribution >= 4 is 10.8 Å². The Kier molecular flexibility index (Phi) is 5.72. The molecular weight excluding hydrogens is 617 g/mol. The Balaban J connectivity index is 1.14. The minimum absolute atomic E-state index is 0.224. The molecule has 0 saturated heterocycles. The number of para-hydroxylation sites is 1. The van der Waals surface area contributed by atoms with Gasteiger partial charge in [0.15, 0.2) is 0 Å². The highest BCUT2D eigenvalue weighted by atomic mass is 16.5. The van der Waals surface area contributed by atoms with Gasteiger partial charge in [0.2, 0.25) is 0 Å². The lowest BCUT2D eigenvalue weighted by Gasteiger charge is -2.36. The van der Waals surface area contributed by atoms with Crippen molar-refractivity contribution in [2.24, 2.45) is 0 Å². The molecule has 0 fully saturated rings. The van der Waals surface area contributed by atoms with E-state index in [1.807, 2.05) is 0 Å². The molecule has 51 heavy (non-hydrogen) atoms. The lowest BCUT2D eigenvalue weighted by atomic mass is 9.70. The molecule has 0 bridgehead atoms. The molecule has 0 amide bonds. The highest BCUT2D eigenvalue weighted by Crippen LogP contribution is 2.63. The van der Waals surface area contributed by atoms with E-state index in [-0.39, 0.29) is 10.8 Å². The van der Waals surface area contributed by atoms with E-state index >= 15 is 0 Å². The second-order valence-electron chi connectivity index (χ2n) is 14.8. The van der Waals surface area contributed by atoms with Crippen molar-refractivity contribution in [1.82, 2.24) is 0 Å². The van der Waals surface area contributed by atoms with Gasteiger partial charge in [0.05, 0.1) is 5.41 Å². The highest BCUT2D eigenvalue weighted by Gasteiger charge is 2.51. The van der Waals surface area contributed by atoms with Crippen LogP contribution in [-0.4, -0.2) is 0 Å². The first kappa shape index (κ1) is 28.6. The second-order valence-corrected chi connectivity index (χ2v) is 14.8. The fourth-order valence-corrected chi connectivity index (χ4v) is 9.86. The van der Waals surface area contributed by atoms with Crippen LogP contribution in [0.3, 0.4) is 0 Å². The van der Waals surface area contributed by atoms with E-state index in [0.717, 1.165) is 11.5 Å². The number of hydrogen-bond acceptors (Lipinski definition) is 1. The maximum atomic E-state index is 6.55. The molecule has 8 aromatic rings. The van der Waals surface area contributed by atoms with Gasteiger partial charge in [-0.15, -0.1) is 0 Å². The molecule has 0 saturated carbocycles. The Morgan fingerprint density at radius 3 is 1.49 bits per heavy atom. The van der Waals surface area contributed by atoms with E-state index in [1.54, 1.807) is 0 Å². The molecule has 0 unspecified atom stereocenters. The molecule has 3 aliphatic rings. The normalized spacial score (nSPS) is 14.9. The van der Waals surface area contributed by atoms with E-state index < -0.39 is 0 Å². The molecule has 2 aliphatic carbocycles. The van der Waals surface area contributed by atoms with Crippen LogP contribution in [0, 0.1) is 0 Å². The molecule has 240 valence electrons. The van der Waals surface area contributed by atoms with E-state index in [2.05, 4.69) is 184 Å². The van der Waals surface area contributed by atoms with Crippen molar-refractivity contribution in [2.75, 3.05) is 0 Å². The first-order chi connectivity index (χ1) is 25.1. The predicted molar refractivity (Wildman–Crippen MR) is 210 cm³/mol. The van der Waals surface area contributed by atoms with Crippen LogP contribution in [0.1, 0.15) is 47.2 Å². The first-order valence-corrected chi connectivity index (χ1v) is 17.9. The molecule has 0 atom stereocenters. The van der Waals surface area contributed by atoms with Crippen molar-refractivity contribution in [3.8, 4) is 56.0 Å². The summed E-state index contributed by atoms with van der Waals surface area (Å²) in [6, 6.07) is 62.9. The van der Waals surface area contributed by atoms with Crippen LogP contribution in [-0.2, 0) is 10.8 Å². The van der Waals surface area contributed by atoms with Gasteiger partial charge < -0.3 is 4.74 Å². The van der Waals surface area contributed by atoms with E-state index in [9.17, 15) is 0 Å². The zero-order valence-electron chi connectivity index (χ0n) is 28.6. The Bertz CT molecular complexity index is 2700. The van der Waals surface area contributed by atoms with Crippen LogP contribution in [0.15, 0.2) is 170 Å². The summed E-state index contributed by atoms with van der Waals surface area (Å²) in [7, 11) is 0. The molecule has 11 rings (SSSR count). The number of rotatable bonds is 2. The van der Waals surface area contributed by atoms with E-state index in [4.69, 9.17) is 4.74 Å². The molecule has 1 heteroatoms. The van der Waals surface area contributed by atoms with Crippen molar-refractivity contribution in [2.45, 2.75) is 24.7 Å². The average molecular weight is 651 g/mol. The quantitative estimate of drug-likeness (QED) is 0.181. The number of fused-ring (bicyclic) bond motifs is 13. The van der Waals surface area contributed by atoms with Crippen LogP contribution in [0.2, 0.25) is 0 Å². The van der Waals surface area contributed by atoms with Gasteiger partial charge in [-0.2, -0.15) is 0 Å². The van der Waals surface area contributed by atoms with Gasteiger partial charge in [0, 0.05) is 16.5 Å². The second kappa shape index (κ2) is 10.2. The molecule has 1 spiro atoms. The van der Waals surface area contributed by atoms with E-state index in [0.29, 0.717) is 0 Å². The lowest BCUT2D eigenvalue weighted by molar-refractivity contribution is 0.419. The maximum absolute atomic E-state index is 6.55. The van der Waals surface area contributed by atoms with E-state index in [1.165, 1.54) is 88.7 Å². The summed E-state index contributed by atoms with van der Waals surface area (Å²) in [6.45, 7) is 4.65. The van der Waals surface area contributed by atoms with Crippen molar-refractivity contribution < 1.29 is 4.74 Å². The Morgan fingerprint density at radius 1 is 0.353 bits per heavy atom. The topological polar surface area (TPSA) is 9.23 Å². The molecular formula is C50H34O. The van der Waals surface area contributed by atoms with Gasteiger partial charge in [-0.25, -0.2) is 0 Å². The maximum Gasteiger partial charge on any atom is 0.132 e. The third-order valence-corrected chi connectivity index (χ3v) is 12.0. The number of ether oxygens (including phenoxy) is 1. The minimum atomic E-state index is -0.365. The van der Waals surface area contributed by atoms with Crippen LogP contribution in [0.5, 0.6) is 11.5 Å². The Labute approximate surface area is 298 Å². The van der Waals surface area contributed by atoms with Crippen LogP contribution in [0.4, 0.5) is 0 Å². The van der Waals surface area contributed by atoms with Crippen molar-refractivity contribution in [3.63, 3.8) is 0 Å². The summed E-state index contributed by atoms with van der Waals surface area (Å²) < 4.78 is 6.55. The number of benzene rings is 8. The van der Waals surface area contributed by atoms with Gasteiger partial charge in [-0.05, 0) is 95.7 Å². The van der Waals surface area contributed by atoms with Gasteiger partial charge in [0.1, 0.15) is 11.5 Å². The summed E-state index contributed by atoms with van der Waals surface area (Å²) in [5.74, 6) is 1.88. The van der Waals surface area contributed by atoms with Crippen LogP contribution in [0.25, 0.3) is 55.3 Å². The smallest absolute Gasteiger partial charge is 0.132 e. The minimum Gasteiger partial charge on any atom is -0.457 e. The lowest BCUT2D eigenvalue weighted by Crippen LogP contribution is -2.25. The standard InChI is InChI=1S/C50H34O/c1-49(2)44-23-11-12-24-46(44)51-47-25-13-19-40(48(47)49)35-29-28-32(33-14-3-4-15-34(33)35)31-26-27-39-38-18-7-10-22-43(38)50(45(39)30-31)41-20-8-5-16-36(41)37-17-6-9-21-42(37)50/h3-30H,1-2H3. The summed E-state index contributed by atoms with van der Waals surface area (Å²) in [6.07, 6.45) is 0. The Hall–Kier alpha value is -6.18. The summed E-state index contributed by atoms with van der Waals surface area (Å²) in [4.78, 5) is 0. The summed E-state index contributed by atoms with van der Waals surface area (Å²) in [5, 5.41) is 2.49. The monoisotopic (exact) mass is 650 g/mol. The largest absolute Gasteiger partial charge is 0.457 e. The van der Waals surface area contributed by atoms with Crippen molar-refractivity contribution in [1.29, 1.82) is 0 Å². The summed E-state index contributed by atoms with van der Waals surface area (Å²) >= 11 is 0. The number of hydrogen-bond donors (Lipinski definition) is 0. The highest BCUT2D eigenvalue weighted by molar-refractivity contribution is 6.06. The fraction of sp³-hybridized carbons (Fsp3) is 0.0800. The molecule has 1 nitrogen and oxygen atoms in total. The van der Waals surface area contributed by atoms with Gasteiger partial charge in [-0.1, -0.05) is 166 Å². The van der Waals surface area contributed by atoms with Crippen LogP contribution < -0.4 is 4.74 Å². The molecule has 8 aromatic carbocycles. The fourth-order valence-electron chi connectivity index (χ4n) is 9.86. The third-order valence-electron chi connectivity index (χ3n) is 12.0. The SMILES string of the molecule is CC1(C)c2ccccc2Oc2cccc(-c3ccc(-c4ccc5c(c4)C4(c6ccccc6-c6ccccc64)c4ccccc4-5)c4ccccc34)c21. The first-order valence-electron chi connectivity index (χ1n) is 17.9.